The first-order chi connectivity index (χ1) is 11.7. The zero-order valence-electron chi connectivity index (χ0n) is 15.1. The molecule has 1 aromatic rings. The molecule has 0 saturated carbocycles. The molecule has 3 rings (SSSR count). The molecule has 0 spiro atoms. The van der Waals surface area contributed by atoms with Crippen molar-refractivity contribution in [3.63, 3.8) is 0 Å². The summed E-state index contributed by atoms with van der Waals surface area (Å²) < 4.78 is 0. The molecular weight excluding hydrogens is 310 g/mol. The number of thiocarbonyl (C=S) groups is 1. The van der Waals surface area contributed by atoms with E-state index in [9.17, 15) is 0 Å². The Hall–Kier alpha value is -1.25. The third-order valence-corrected chi connectivity index (χ3v) is 5.68. The molecule has 24 heavy (non-hydrogen) atoms. The highest BCUT2D eigenvalue weighted by Gasteiger charge is 2.26. The fourth-order valence-electron chi connectivity index (χ4n) is 4.17. The summed E-state index contributed by atoms with van der Waals surface area (Å²) in [6.07, 6.45) is 13.6. The van der Waals surface area contributed by atoms with E-state index >= 15 is 0 Å². The Morgan fingerprint density at radius 2 is 1.96 bits per heavy atom. The number of aryl methyl sites for hydroxylation is 1. The summed E-state index contributed by atoms with van der Waals surface area (Å²) in [7, 11) is 0. The quantitative estimate of drug-likeness (QED) is 0.640. The molecule has 1 aromatic carbocycles. The second-order valence-corrected chi connectivity index (χ2v) is 7.50. The zero-order chi connectivity index (χ0) is 16.9. The summed E-state index contributed by atoms with van der Waals surface area (Å²) in [5, 5.41) is 0. The molecule has 0 heterocycles. The summed E-state index contributed by atoms with van der Waals surface area (Å²) in [4.78, 5) is 3.81. The van der Waals surface area contributed by atoms with Gasteiger partial charge in [-0.3, -0.25) is 0 Å². The van der Waals surface area contributed by atoms with Gasteiger partial charge in [0, 0.05) is 17.3 Å². The molecule has 2 aliphatic rings. The van der Waals surface area contributed by atoms with Gasteiger partial charge >= 0.3 is 0 Å². The Balaban J connectivity index is 1.91. The number of nitrogens with zero attached hydrogens (tertiary/aromatic N) is 1. The molecule has 2 aliphatic carbocycles. The number of allylic oxidation sites excluding steroid dienone is 4. The molecule has 1 nitrogen and oxygen atoms in total. The van der Waals surface area contributed by atoms with Crippen molar-refractivity contribution in [3.8, 4) is 0 Å². The van der Waals surface area contributed by atoms with Crippen LogP contribution in [0.2, 0.25) is 0 Å². The normalized spacial score (nSPS) is 20.2. The van der Waals surface area contributed by atoms with Crippen LogP contribution in [0.5, 0.6) is 0 Å². The summed E-state index contributed by atoms with van der Waals surface area (Å²) in [6.45, 7) is 7.03. The van der Waals surface area contributed by atoms with Crippen molar-refractivity contribution in [1.82, 2.24) is 4.90 Å². The minimum absolute atomic E-state index is 0.687. The molecule has 0 amide bonds. The maximum Gasteiger partial charge on any atom is 0.0268 e. The van der Waals surface area contributed by atoms with Gasteiger partial charge in [0.1, 0.15) is 0 Å². The Bertz CT molecular complexity index is 650. The molecule has 0 radical (unpaired) electrons. The van der Waals surface area contributed by atoms with Crippen LogP contribution < -0.4 is 0 Å². The Morgan fingerprint density at radius 1 is 1.17 bits per heavy atom. The first-order valence-electron chi connectivity index (χ1n) is 9.49. The minimum atomic E-state index is 0.687. The molecule has 2 heteroatoms. The van der Waals surface area contributed by atoms with Crippen LogP contribution in [-0.4, -0.2) is 28.9 Å². The topological polar surface area (TPSA) is 3.24 Å². The van der Waals surface area contributed by atoms with Gasteiger partial charge in [-0.25, -0.2) is 0 Å². The van der Waals surface area contributed by atoms with Crippen molar-refractivity contribution in [1.29, 1.82) is 0 Å². The second-order valence-electron chi connectivity index (χ2n) is 7.01. The van der Waals surface area contributed by atoms with Crippen LogP contribution in [0.1, 0.15) is 56.2 Å². The number of rotatable bonds is 6. The number of hydrogen-bond donors (Lipinski definition) is 0. The van der Waals surface area contributed by atoms with Gasteiger partial charge in [0.05, 0.1) is 0 Å². The predicted molar refractivity (Wildman–Crippen MR) is 109 cm³/mol. The largest absolute Gasteiger partial charge is 0.300 e. The highest BCUT2D eigenvalue weighted by molar-refractivity contribution is 7.81. The summed E-state index contributed by atoms with van der Waals surface area (Å²) in [5.74, 6) is 0. The van der Waals surface area contributed by atoms with Gasteiger partial charge in [0.15, 0.2) is 0 Å². The first-order valence-corrected chi connectivity index (χ1v) is 9.90. The summed E-state index contributed by atoms with van der Waals surface area (Å²) in [6, 6.07) is 7.50. The van der Waals surface area contributed by atoms with Crippen molar-refractivity contribution < 1.29 is 0 Å². The van der Waals surface area contributed by atoms with Crippen molar-refractivity contribution in [2.45, 2.75) is 58.4 Å². The number of hydrogen-bond acceptors (Lipinski definition) is 2. The van der Waals surface area contributed by atoms with E-state index in [2.05, 4.69) is 55.2 Å². The Labute approximate surface area is 152 Å². The second kappa shape index (κ2) is 8.22. The van der Waals surface area contributed by atoms with E-state index in [1.165, 1.54) is 61.9 Å². The SMILES string of the molecule is CCCN(CCC)C1CCc2cccc(C3=CC=CCC3=S)c2C1. The fourth-order valence-corrected chi connectivity index (χ4v) is 4.44. The van der Waals surface area contributed by atoms with Crippen molar-refractivity contribution >= 4 is 22.7 Å². The van der Waals surface area contributed by atoms with Gasteiger partial charge in [-0.2, -0.15) is 0 Å². The summed E-state index contributed by atoms with van der Waals surface area (Å²) in [5.41, 5.74) is 5.76. The Morgan fingerprint density at radius 3 is 2.67 bits per heavy atom. The standard InChI is InChI=1S/C22H29NS/c1-3-14-23(15-4-2)18-13-12-17-8-7-10-19(21(17)16-18)20-9-5-6-11-22(20)24/h5-10,18H,3-4,11-16H2,1-2H3. The van der Waals surface area contributed by atoms with E-state index in [4.69, 9.17) is 12.2 Å². The maximum absolute atomic E-state index is 5.65. The van der Waals surface area contributed by atoms with Gasteiger partial charge < -0.3 is 4.90 Å². The molecule has 1 atom stereocenters. The van der Waals surface area contributed by atoms with Gasteiger partial charge in [-0.05, 0) is 67.5 Å². The monoisotopic (exact) mass is 339 g/mol. The number of fused-ring (bicyclic) bond motifs is 1. The molecule has 128 valence electrons. The lowest BCUT2D eigenvalue weighted by atomic mass is 9.81. The lowest BCUT2D eigenvalue weighted by Gasteiger charge is -2.36. The van der Waals surface area contributed by atoms with Crippen LogP contribution in [0.4, 0.5) is 0 Å². The van der Waals surface area contributed by atoms with Crippen molar-refractivity contribution in [2.75, 3.05) is 13.1 Å². The van der Waals surface area contributed by atoms with E-state index in [0.717, 1.165) is 11.3 Å². The van der Waals surface area contributed by atoms with E-state index in [1.54, 1.807) is 5.56 Å². The highest BCUT2D eigenvalue weighted by Crippen LogP contribution is 2.33. The van der Waals surface area contributed by atoms with Crippen molar-refractivity contribution in [3.05, 3.63) is 53.1 Å². The predicted octanol–water partition coefficient (Wildman–Crippen LogP) is 5.38. The van der Waals surface area contributed by atoms with E-state index < -0.39 is 0 Å². The molecule has 0 aromatic heterocycles. The number of benzene rings is 1. The van der Waals surface area contributed by atoms with Crippen LogP contribution in [0.25, 0.3) is 5.57 Å². The average molecular weight is 340 g/mol. The van der Waals surface area contributed by atoms with Crippen molar-refractivity contribution in [2.24, 2.45) is 0 Å². The molecule has 0 fully saturated rings. The van der Waals surface area contributed by atoms with E-state index in [0.29, 0.717) is 6.04 Å². The van der Waals surface area contributed by atoms with Gasteiger partial charge in [-0.15, -0.1) is 0 Å². The lowest BCUT2D eigenvalue weighted by molar-refractivity contribution is 0.180. The van der Waals surface area contributed by atoms with E-state index in [-0.39, 0.29) is 0 Å². The molecule has 0 bridgehead atoms. The van der Waals surface area contributed by atoms with Crippen LogP contribution in [0.3, 0.4) is 0 Å². The van der Waals surface area contributed by atoms with Gasteiger partial charge in [0.25, 0.3) is 0 Å². The Kier molecular flexibility index (Phi) is 6.02. The maximum atomic E-state index is 5.65. The third kappa shape index (κ3) is 3.70. The molecule has 1 unspecified atom stereocenters. The molecule has 0 aliphatic heterocycles. The molecular formula is C22H29NS. The van der Waals surface area contributed by atoms with Gasteiger partial charge in [-0.1, -0.05) is 62.5 Å². The summed E-state index contributed by atoms with van der Waals surface area (Å²) >= 11 is 5.65. The average Bonchev–Trinajstić information content (AvgIpc) is 2.61. The third-order valence-electron chi connectivity index (χ3n) is 5.29. The lowest BCUT2D eigenvalue weighted by Crippen LogP contribution is -2.40. The smallest absolute Gasteiger partial charge is 0.0268 e. The van der Waals surface area contributed by atoms with E-state index in [1.807, 2.05) is 0 Å². The van der Waals surface area contributed by atoms with Crippen LogP contribution in [-0.2, 0) is 12.8 Å². The minimum Gasteiger partial charge on any atom is -0.300 e. The zero-order valence-corrected chi connectivity index (χ0v) is 15.9. The van der Waals surface area contributed by atoms with Crippen LogP contribution >= 0.6 is 12.2 Å². The fraction of sp³-hybridized carbons (Fsp3) is 0.500. The van der Waals surface area contributed by atoms with Crippen LogP contribution in [0.15, 0.2) is 36.4 Å². The molecule has 0 saturated heterocycles. The van der Waals surface area contributed by atoms with Crippen LogP contribution in [0, 0.1) is 0 Å². The first kappa shape index (κ1) is 17.6. The highest BCUT2D eigenvalue weighted by atomic mass is 32.1. The molecule has 0 N–H and O–H groups in total. The van der Waals surface area contributed by atoms with Gasteiger partial charge in [0.2, 0.25) is 0 Å².